The maximum Gasteiger partial charge on any atom is 0.254 e. The van der Waals surface area contributed by atoms with E-state index in [1.807, 2.05) is 25.1 Å². The second-order valence-corrected chi connectivity index (χ2v) is 6.37. The van der Waals surface area contributed by atoms with Crippen LogP contribution in [0.2, 0.25) is 5.02 Å². The third-order valence-corrected chi connectivity index (χ3v) is 4.36. The lowest BCUT2D eigenvalue weighted by atomic mass is 10.1. The Bertz CT molecular complexity index is 805. The van der Waals surface area contributed by atoms with Crippen LogP contribution < -0.4 is 15.0 Å². The number of ether oxygens (including phenoxy) is 1. The van der Waals surface area contributed by atoms with E-state index in [0.717, 1.165) is 16.8 Å². The highest BCUT2D eigenvalue weighted by Crippen LogP contribution is 2.38. The number of carbonyl (C=O) groups is 2. The van der Waals surface area contributed by atoms with Crippen molar-refractivity contribution in [2.24, 2.45) is 0 Å². The summed E-state index contributed by atoms with van der Waals surface area (Å²) in [5.74, 6) is 0.323. The Morgan fingerprint density at radius 3 is 2.64 bits per heavy atom. The minimum absolute atomic E-state index is 0.140. The summed E-state index contributed by atoms with van der Waals surface area (Å²) in [7, 11) is 0. The number of para-hydroxylation sites is 1. The molecule has 1 heterocycles. The van der Waals surface area contributed by atoms with Gasteiger partial charge in [0.25, 0.3) is 5.91 Å². The first kappa shape index (κ1) is 17.3. The summed E-state index contributed by atoms with van der Waals surface area (Å²) in [5, 5.41) is 3.38. The number of amides is 2. The van der Waals surface area contributed by atoms with Gasteiger partial charge in [-0.15, -0.1) is 0 Å². The number of rotatable bonds is 5. The first-order valence-electron chi connectivity index (χ1n) is 8.03. The highest BCUT2D eigenvalue weighted by atomic mass is 35.5. The molecule has 0 spiro atoms. The highest BCUT2D eigenvalue weighted by molar-refractivity contribution is 6.30. The van der Waals surface area contributed by atoms with E-state index < -0.39 is 6.04 Å². The number of benzene rings is 2. The molecule has 0 saturated heterocycles. The van der Waals surface area contributed by atoms with Crippen molar-refractivity contribution < 1.29 is 14.3 Å². The van der Waals surface area contributed by atoms with Gasteiger partial charge in [0.2, 0.25) is 5.91 Å². The molecule has 2 aromatic carbocycles. The smallest absolute Gasteiger partial charge is 0.254 e. The summed E-state index contributed by atoms with van der Waals surface area (Å²) in [6.45, 7) is 4.10. The van der Waals surface area contributed by atoms with Crippen LogP contribution in [-0.4, -0.2) is 25.0 Å². The Labute approximate surface area is 151 Å². The average Bonchev–Trinajstić information content (AvgIpc) is 2.83. The second kappa shape index (κ2) is 7.15. The van der Waals surface area contributed by atoms with Crippen LogP contribution in [0.15, 0.2) is 42.5 Å². The average molecular weight is 359 g/mol. The van der Waals surface area contributed by atoms with Crippen molar-refractivity contribution in [3.8, 4) is 5.75 Å². The fourth-order valence-corrected chi connectivity index (χ4v) is 3.16. The van der Waals surface area contributed by atoms with Crippen molar-refractivity contribution in [3.63, 3.8) is 0 Å². The fourth-order valence-electron chi connectivity index (χ4n) is 3.03. The fraction of sp³-hybridized carbons (Fsp3) is 0.263. The summed E-state index contributed by atoms with van der Waals surface area (Å²) in [5.41, 5.74) is 2.67. The van der Waals surface area contributed by atoms with E-state index in [1.54, 1.807) is 29.2 Å². The zero-order valence-electron chi connectivity index (χ0n) is 14.1. The molecule has 0 bridgehead atoms. The number of nitrogens with one attached hydrogen (secondary N) is 1. The maximum atomic E-state index is 12.8. The standard InChI is InChI=1S/C19H19ClN2O3/c1-12-4-3-5-16-17(21-13(2)23)19(24)22(18(12)16)10-11-25-15-8-6-14(20)7-9-15/h3-9,17H,10-11H2,1-2H3,(H,21,23)/t17-/m1/s1. The molecule has 0 aromatic heterocycles. The number of fused-ring (bicyclic) bond motifs is 1. The molecule has 0 radical (unpaired) electrons. The summed E-state index contributed by atoms with van der Waals surface area (Å²) in [6, 6.07) is 12.2. The van der Waals surface area contributed by atoms with E-state index in [1.165, 1.54) is 6.92 Å². The van der Waals surface area contributed by atoms with E-state index in [2.05, 4.69) is 5.32 Å². The van der Waals surface area contributed by atoms with Crippen molar-refractivity contribution >= 4 is 29.1 Å². The van der Waals surface area contributed by atoms with Gasteiger partial charge in [-0.25, -0.2) is 0 Å². The van der Waals surface area contributed by atoms with Crippen LogP contribution >= 0.6 is 11.6 Å². The Hall–Kier alpha value is -2.53. The first-order chi connectivity index (χ1) is 12.0. The summed E-state index contributed by atoms with van der Waals surface area (Å²) < 4.78 is 5.70. The van der Waals surface area contributed by atoms with Crippen LogP contribution in [-0.2, 0) is 9.59 Å². The molecular formula is C19H19ClN2O3. The Morgan fingerprint density at radius 1 is 1.24 bits per heavy atom. The normalized spacial score (nSPS) is 15.9. The lowest BCUT2D eigenvalue weighted by Gasteiger charge is -2.20. The molecule has 1 aliphatic heterocycles. The van der Waals surface area contributed by atoms with Crippen molar-refractivity contribution in [2.45, 2.75) is 19.9 Å². The molecule has 2 amide bonds. The van der Waals surface area contributed by atoms with Gasteiger partial charge in [0.05, 0.1) is 12.2 Å². The number of nitrogens with zero attached hydrogens (tertiary/aromatic N) is 1. The second-order valence-electron chi connectivity index (χ2n) is 5.94. The number of carbonyl (C=O) groups excluding carboxylic acids is 2. The molecule has 1 aliphatic rings. The molecule has 2 aromatic rings. The number of halogens is 1. The Morgan fingerprint density at radius 2 is 1.96 bits per heavy atom. The number of aryl methyl sites for hydroxylation is 1. The lowest BCUT2D eigenvalue weighted by Crippen LogP contribution is -2.38. The molecule has 0 unspecified atom stereocenters. The van der Waals surface area contributed by atoms with Crippen LogP contribution in [0, 0.1) is 6.92 Å². The van der Waals surface area contributed by atoms with Crippen LogP contribution in [0.25, 0.3) is 0 Å². The minimum Gasteiger partial charge on any atom is -0.492 e. The molecule has 25 heavy (non-hydrogen) atoms. The third kappa shape index (κ3) is 3.61. The van der Waals surface area contributed by atoms with Gasteiger partial charge in [-0.05, 0) is 36.8 Å². The van der Waals surface area contributed by atoms with Crippen LogP contribution in [0.3, 0.4) is 0 Å². The summed E-state index contributed by atoms with van der Waals surface area (Å²) in [4.78, 5) is 25.9. The Kier molecular flexibility index (Phi) is 4.95. The predicted molar refractivity (Wildman–Crippen MR) is 97.0 cm³/mol. The zero-order chi connectivity index (χ0) is 18.0. The van der Waals surface area contributed by atoms with Crippen molar-refractivity contribution in [1.29, 1.82) is 0 Å². The van der Waals surface area contributed by atoms with Crippen molar-refractivity contribution in [3.05, 3.63) is 58.6 Å². The number of anilines is 1. The summed E-state index contributed by atoms with van der Waals surface area (Å²) in [6.07, 6.45) is 0. The van der Waals surface area contributed by atoms with Gasteiger partial charge in [0.15, 0.2) is 0 Å². The largest absolute Gasteiger partial charge is 0.492 e. The molecule has 0 fully saturated rings. The molecule has 1 N–H and O–H groups in total. The molecule has 3 rings (SSSR count). The van der Waals surface area contributed by atoms with Crippen LogP contribution in [0.5, 0.6) is 5.75 Å². The van der Waals surface area contributed by atoms with Crippen molar-refractivity contribution in [1.82, 2.24) is 5.32 Å². The maximum absolute atomic E-state index is 12.8. The number of hydrogen-bond acceptors (Lipinski definition) is 3. The van der Waals surface area contributed by atoms with E-state index in [-0.39, 0.29) is 11.8 Å². The van der Waals surface area contributed by atoms with Gasteiger partial charge in [-0.3, -0.25) is 9.59 Å². The highest BCUT2D eigenvalue weighted by Gasteiger charge is 2.38. The lowest BCUT2D eigenvalue weighted by molar-refractivity contribution is -0.126. The SMILES string of the molecule is CC(=O)N[C@H]1C(=O)N(CCOc2ccc(Cl)cc2)c2c(C)cccc21. The molecule has 0 saturated carbocycles. The van der Waals surface area contributed by atoms with E-state index in [0.29, 0.717) is 23.9 Å². The van der Waals surface area contributed by atoms with Gasteiger partial charge in [0, 0.05) is 17.5 Å². The van der Waals surface area contributed by atoms with Crippen molar-refractivity contribution in [2.75, 3.05) is 18.1 Å². The topological polar surface area (TPSA) is 58.6 Å². The van der Waals surface area contributed by atoms with Gasteiger partial charge in [-0.2, -0.15) is 0 Å². The van der Waals surface area contributed by atoms with Crippen LogP contribution in [0.1, 0.15) is 24.1 Å². The quantitative estimate of drug-likeness (QED) is 0.892. The molecular weight excluding hydrogens is 340 g/mol. The molecule has 5 nitrogen and oxygen atoms in total. The summed E-state index contributed by atoms with van der Waals surface area (Å²) >= 11 is 5.86. The molecule has 6 heteroatoms. The van der Waals surface area contributed by atoms with Gasteiger partial charge in [0.1, 0.15) is 18.4 Å². The molecule has 0 aliphatic carbocycles. The minimum atomic E-state index is -0.636. The first-order valence-corrected chi connectivity index (χ1v) is 8.41. The molecule has 1 atom stereocenters. The Balaban J connectivity index is 1.76. The van der Waals surface area contributed by atoms with E-state index in [4.69, 9.17) is 16.3 Å². The van der Waals surface area contributed by atoms with Crippen LogP contribution in [0.4, 0.5) is 5.69 Å². The molecule has 130 valence electrons. The van der Waals surface area contributed by atoms with E-state index >= 15 is 0 Å². The van der Waals surface area contributed by atoms with E-state index in [9.17, 15) is 9.59 Å². The monoisotopic (exact) mass is 358 g/mol. The van der Waals surface area contributed by atoms with Gasteiger partial charge in [-0.1, -0.05) is 29.8 Å². The predicted octanol–water partition coefficient (Wildman–Crippen LogP) is 3.25. The van der Waals surface area contributed by atoms with Gasteiger partial charge >= 0.3 is 0 Å². The zero-order valence-corrected chi connectivity index (χ0v) is 14.8. The number of hydrogen-bond donors (Lipinski definition) is 1. The van der Waals surface area contributed by atoms with Gasteiger partial charge < -0.3 is 15.0 Å². The third-order valence-electron chi connectivity index (χ3n) is 4.11.